The van der Waals surface area contributed by atoms with E-state index in [2.05, 4.69) is 0 Å². The minimum absolute atomic E-state index is 0.427. The highest BCUT2D eigenvalue weighted by molar-refractivity contribution is 5.85. The molecule has 0 aromatic heterocycles. The first-order valence-electron chi connectivity index (χ1n) is 6.03. The number of benzene rings is 1. The molecule has 1 aromatic rings. The minimum atomic E-state index is -1.08. The van der Waals surface area contributed by atoms with E-state index in [-0.39, 0.29) is 0 Å². The molecule has 0 saturated carbocycles. The molecule has 0 aliphatic carbocycles. The SMILES string of the molecule is CC(Oc1ccc(C#N)cc1)C(=O)N(C)C(C)C(=O)O. The van der Waals surface area contributed by atoms with Gasteiger partial charge in [-0.1, -0.05) is 0 Å². The summed E-state index contributed by atoms with van der Waals surface area (Å²) in [6, 6.07) is 7.39. The van der Waals surface area contributed by atoms with Crippen molar-refractivity contribution in [2.24, 2.45) is 0 Å². The maximum atomic E-state index is 12.0. The molecule has 1 amide bonds. The Labute approximate surface area is 117 Å². The number of nitrogens with zero attached hydrogens (tertiary/aromatic N) is 2. The Morgan fingerprint density at radius 3 is 2.30 bits per heavy atom. The molecule has 2 unspecified atom stereocenters. The summed E-state index contributed by atoms with van der Waals surface area (Å²) < 4.78 is 5.43. The molecule has 6 heteroatoms. The van der Waals surface area contributed by atoms with Gasteiger partial charge in [-0.25, -0.2) is 4.79 Å². The Morgan fingerprint density at radius 1 is 1.30 bits per heavy atom. The fourth-order valence-corrected chi connectivity index (χ4v) is 1.51. The van der Waals surface area contributed by atoms with Gasteiger partial charge in [-0.05, 0) is 38.1 Å². The second-order valence-electron chi connectivity index (χ2n) is 4.36. The minimum Gasteiger partial charge on any atom is -0.481 e. The summed E-state index contributed by atoms with van der Waals surface area (Å²) in [6.07, 6.45) is -0.810. The average Bonchev–Trinajstić information content (AvgIpc) is 2.45. The third-order valence-electron chi connectivity index (χ3n) is 2.93. The number of carboxylic acids is 1. The Balaban J connectivity index is 2.70. The van der Waals surface area contributed by atoms with E-state index < -0.39 is 24.0 Å². The zero-order valence-corrected chi connectivity index (χ0v) is 11.5. The van der Waals surface area contributed by atoms with E-state index in [1.54, 1.807) is 31.2 Å². The average molecular weight is 276 g/mol. The zero-order valence-electron chi connectivity index (χ0n) is 11.5. The van der Waals surface area contributed by atoms with Crippen LogP contribution in [0.25, 0.3) is 0 Å². The quantitative estimate of drug-likeness (QED) is 0.874. The van der Waals surface area contributed by atoms with Crippen LogP contribution in [0, 0.1) is 11.3 Å². The van der Waals surface area contributed by atoms with E-state index in [9.17, 15) is 9.59 Å². The number of carbonyl (C=O) groups excluding carboxylic acids is 1. The number of carboxylic acid groups (broad SMARTS) is 1. The van der Waals surface area contributed by atoms with Crippen LogP contribution >= 0.6 is 0 Å². The number of aliphatic carboxylic acids is 1. The van der Waals surface area contributed by atoms with E-state index in [0.717, 1.165) is 4.90 Å². The van der Waals surface area contributed by atoms with Crippen molar-refractivity contribution in [3.8, 4) is 11.8 Å². The maximum absolute atomic E-state index is 12.0. The fraction of sp³-hybridized carbons (Fsp3) is 0.357. The summed E-state index contributed by atoms with van der Waals surface area (Å²) in [5.41, 5.74) is 0.493. The molecule has 0 radical (unpaired) electrons. The van der Waals surface area contributed by atoms with Crippen molar-refractivity contribution in [3.05, 3.63) is 29.8 Å². The Kier molecular flexibility index (Phi) is 5.09. The van der Waals surface area contributed by atoms with Crippen LogP contribution in [0.2, 0.25) is 0 Å². The summed E-state index contributed by atoms with van der Waals surface area (Å²) in [5, 5.41) is 17.5. The number of nitriles is 1. The van der Waals surface area contributed by atoms with Gasteiger partial charge in [0.05, 0.1) is 11.6 Å². The van der Waals surface area contributed by atoms with Crippen molar-refractivity contribution in [2.45, 2.75) is 26.0 Å². The largest absolute Gasteiger partial charge is 0.481 e. The topological polar surface area (TPSA) is 90.6 Å². The van der Waals surface area contributed by atoms with E-state index in [0.29, 0.717) is 11.3 Å². The van der Waals surface area contributed by atoms with Crippen LogP contribution in [0.15, 0.2) is 24.3 Å². The summed E-state index contributed by atoms with van der Waals surface area (Å²) in [7, 11) is 1.42. The van der Waals surface area contributed by atoms with Gasteiger partial charge in [0.15, 0.2) is 6.10 Å². The van der Waals surface area contributed by atoms with Gasteiger partial charge < -0.3 is 14.7 Å². The van der Waals surface area contributed by atoms with E-state index in [1.165, 1.54) is 14.0 Å². The maximum Gasteiger partial charge on any atom is 0.326 e. The lowest BCUT2D eigenvalue weighted by molar-refractivity contribution is -0.150. The van der Waals surface area contributed by atoms with Gasteiger partial charge >= 0.3 is 5.97 Å². The highest BCUT2D eigenvalue weighted by atomic mass is 16.5. The van der Waals surface area contributed by atoms with Gasteiger partial charge in [-0.15, -0.1) is 0 Å². The lowest BCUT2D eigenvalue weighted by Crippen LogP contribution is -2.46. The molecule has 6 nitrogen and oxygen atoms in total. The molecule has 0 aliphatic heterocycles. The number of likely N-dealkylation sites (N-methyl/N-ethyl adjacent to an activating group) is 1. The third kappa shape index (κ3) is 3.72. The predicted molar refractivity (Wildman–Crippen MR) is 71.1 cm³/mol. The van der Waals surface area contributed by atoms with Crippen LogP contribution in [0.3, 0.4) is 0 Å². The first kappa shape index (κ1) is 15.5. The molecule has 1 aromatic carbocycles. The van der Waals surface area contributed by atoms with Crippen LogP contribution in [-0.4, -0.2) is 41.1 Å². The Bertz CT molecular complexity index is 533. The lowest BCUT2D eigenvalue weighted by atomic mass is 10.2. The van der Waals surface area contributed by atoms with Crippen LogP contribution < -0.4 is 4.74 Å². The van der Waals surface area contributed by atoms with Crippen molar-refractivity contribution in [1.82, 2.24) is 4.90 Å². The molecule has 0 fully saturated rings. The number of hydrogen-bond acceptors (Lipinski definition) is 4. The lowest BCUT2D eigenvalue weighted by Gasteiger charge is -2.25. The van der Waals surface area contributed by atoms with Crippen molar-refractivity contribution in [2.75, 3.05) is 7.05 Å². The standard InChI is InChI=1S/C14H16N2O4/c1-9(14(18)19)16(3)13(17)10(2)20-12-6-4-11(8-15)5-7-12/h4-7,9-10H,1-3H3,(H,18,19). The van der Waals surface area contributed by atoms with Gasteiger partial charge in [0, 0.05) is 7.05 Å². The molecule has 106 valence electrons. The summed E-state index contributed by atoms with van der Waals surface area (Å²) in [5.74, 6) is -1.06. The Hall–Kier alpha value is -2.55. The van der Waals surface area contributed by atoms with Gasteiger partial charge in [-0.3, -0.25) is 4.79 Å². The molecule has 20 heavy (non-hydrogen) atoms. The number of rotatable bonds is 5. The van der Waals surface area contributed by atoms with Gasteiger partial charge in [-0.2, -0.15) is 5.26 Å². The Morgan fingerprint density at radius 2 is 1.85 bits per heavy atom. The first-order chi connectivity index (χ1) is 9.36. The number of ether oxygens (including phenoxy) is 1. The molecule has 0 bridgehead atoms. The van der Waals surface area contributed by atoms with E-state index >= 15 is 0 Å². The zero-order chi connectivity index (χ0) is 15.3. The van der Waals surface area contributed by atoms with E-state index in [1.807, 2.05) is 6.07 Å². The van der Waals surface area contributed by atoms with Crippen LogP contribution in [0.4, 0.5) is 0 Å². The van der Waals surface area contributed by atoms with E-state index in [4.69, 9.17) is 15.1 Å². The molecule has 0 saturated heterocycles. The van der Waals surface area contributed by atoms with Crippen LogP contribution in [0.1, 0.15) is 19.4 Å². The molecule has 1 rings (SSSR count). The highest BCUT2D eigenvalue weighted by Crippen LogP contribution is 2.14. The first-order valence-corrected chi connectivity index (χ1v) is 6.03. The molecule has 0 heterocycles. The predicted octanol–water partition coefficient (Wildman–Crippen LogP) is 1.26. The smallest absolute Gasteiger partial charge is 0.326 e. The second kappa shape index (κ2) is 6.57. The van der Waals surface area contributed by atoms with Crippen molar-refractivity contribution in [1.29, 1.82) is 5.26 Å². The van der Waals surface area contributed by atoms with Gasteiger partial charge in [0.2, 0.25) is 0 Å². The molecular weight excluding hydrogens is 260 g/mol. The normalized spacial score (nSPS) is 12.9. The molecule has 1 N–H and O–H groups in total. The fourth-order valence-electron chi connectivity index (χ4n) is 1.51. The number of carbonyl (C=O) groups is 2. The second-order valence-corrected chi connectivity index (χ2v) is 4.36. The van der Waals surface area contributed by atoms with Crippen LogP contribution in [0.5, 0.6) is 5.75 Å². The van der Waals surface area contributed by atoms with Gasteiger partial charge in [0.1, 0.15) is 11.8 Å². The highest BCUT2D eigenvalue weighted by Gasteiger charge is 2.26. The number of hydrogen-bond donors (Lipinski definition) is 1. The van der Waals surface area contributed by atoms with Crippen molar-refractivity contribution < 1.29 is 19.4 Å². The van der Waals surface area contributed by atoms with Crippen molar-refractivity contribution >= 4 is 11.9 Å². The van der Waals surface area contributed by atoms with Crippen molar-refractivity contribution in [3.63, 3.8) is 0 Å². The molecule has 0 spiro atoms. The summed E-state index contributed by atoms with van der Waals surface area (Å²) in [4.78, 5) is 24.0. The molecule has 0 aliphatic rings. The monoisotopic (exact) mass is 276 g/mol. The molecular formula is C14H16N2O4. The third-order valence-corrected chi connectivity index (χ3v) is 2.93. The van der Waals surface area contributed by atoms with Crippen LogP contribution in [-0.2, 0) is 9.59 Å². The van der Waals surface area contributed by atoms with Gasteiger partial charge in [0.25, 0.3) is 5.91 Å². The summed E-state index contributed by atoms with van der Waals surface area (Å²) >= 11 is 0. The summed E-state index contributed by atoms with van der Waals surface area (Å²) in [6.45, 7) is 2.97. The molecule has 2 atom stereocenters. The number of amides is 1.